The van der Waals surface area contributed by atoms with Crippen LogP contribution in [0.5, 0.6) is 11.5 Å². The third-order valence-electron chi connectivity index (χ3n) is 5.27. The molecule has 0 saturated heterocycles. The number of fused-ring (bicyclic) bond motifs is 2. The molecule has 3 aromatic carbocycles. The van der Waals surface area contributed by atoms with Crippen molar-refractivity contribution in [3.8, 4) is 22.8 Å². The Kier molecular flexibility index (Phi) is 5.95. The molecule has 0 atom stereocenters. The maximum atomic E-state index is 5.92. The molecule has 148 valence electrons. The van der Waals surface area contributed by atoms with Crippen molar-refractivity contribution in [1.29, 1.82) is 0 Å². The van der Waals surface area contributed by atoms with Crippen molar-refractivity contribution in [2.45, 2.75) is 32.6 Å². The van der Waals surface area contributed by atoms with Crippen LogP contribution < -0.4 is 9.47 Å². The molecule has 0 N–H and O–H groups in total. The molecule has 0 aliphatic heterocycles. The molecule has 4 rings (SSSR count). The van der Waals surface area contributed by atoms with E-state index < -0.39 is 0 Å². The van der Waals surface area contributed by atoms with Gasteiger partial charge in [0, 0.05) is 10.9 Å². The van der Waals surface area contributed by atoms with Gasteiger partial charge in [0.05, 0.1) is 24.9 Å². The second-order valence-corrected chi connectivity index (χ2v) is 7.39. The van der Waals surface area contributed by atoms with Crippen LogP contribution in [0.1, 0.15) is 32.6 Å². The van der Waals surface area contributed by atoms with Gasteiger partial charge in [-0.05, 0) is 59.7 Å². The molecule has 3 heteroatoms. The zero-order valence-electron chi connectivity index (χ0n) is 17.2. The van der Waals surface area contributed by atoms with Gasteiger partial charge in [-0.15, -0.1) is 0 Å². The fourth-order valence-corrected chi connectivity index (χ4v) is 3.58. The van der Waals surface area contributed by atoms with Gasteiger partial charge in [-0.1, -0.05) is 50.5 Å². The van der Waals surface area contributed by atoms with Crippen LogP contribution in [0.25, 0.3) is 32.9 Å². The minimum absolute atomic E-state index is 0.787. The van der Waals surface area contributed by atoms with Gasteiger partial charge in [0.1, 0.15) is 11.5 Å². The summed E-state index contributed by atoms with van der Waals surface area (Å²) in [4.78, 5) is 4.83. The first kappa shape index (κ1) is 19.3. The van der Waals surface area contributed by atoms with Crippen LogP contribution in [-0.4, -0.2) is 18.7 Å². The Morgan fingerprint density at radius 1 is 0.724 bits per heavy atom. The van der Waals surface area contributed by atoms with Crippen LogP contribution in [0.2, 0.25) is 0 Å². The van der Waals surface area contributed by atoms with E-state index in [-0.39, 0.29) is 0 Å². The van der Waals surface area contributed by atoms with Crippen molar-refractivity contribution in [2.24, 2.45) is 0 Å². The van der Waals surface area contributed by atoms with Crippen molar-refractivity contribution in [1.82, 2.24) is 4.98 Å². The Morgan fingerprint density at radius 2 is 1.48 bits per heavy atom. The maximum absolute atomic E-state index is 5.92. The summed E-state index contributed by atoms with van der Waals surface area (Å²) in [6.07, 6.45) is 4.88. The van der Waals surface area contributed by atoms with Gasteiger partial charge in [-0.2, -0.15) is 0 Å². The fourth-order valence-electron chi connectivity index (χ4n) is 3.58. The predicted molar refractivity (Wildman–Crippen MR) is 121 cm³/mol. The van der Waals surface area contributed by atoms with Gasteiger partial charge in [-0.25, -0.2) is 4.98 Å². The fraction of sp³-hybridized carbons (Fsp3) is 0.269. The molecule has 0 spiro atoms. The zero-order chi connectivity index (χ0) is 20.1. The highest BCUT2D eigenvalue weighted by atomic mass is 16.5. The lowest BCUT2D eigenvalue weighted by Crippen LogP contribution is -1.97. The summed E-state index contributed by atoms with van der Waals surface area (Å²) in [5.41, 5.74) is 3.06. The van der Waals surface area contributed by atoms with Crippen molar-refractivity contribution in [3.63, 3.8) is 0 Å². The van der Waals surface area contributed by atoms with E-state index in [0.29, 0.717) is 0 Å². The van der Waals surface area contributed by atoms with Crippen LogP contribution in [0.15, 0.2) is 66.7 Å². The normalized spacial score (nSPS) is 11.1. The highest BCUT2D eigenvalue weighted by molar-refractivity contribution is 5.89. The number of benzene rings is 3. The van der Waals surface area contributed by atoms with Crippen LogP contribution in [0, 0.1) is 0 Å². The summed E-state index contributed by atoms with van der Waals surface area (Å²) in [5.74, 6) is 1.79. The molecule has 0 unspecified atom stereocenters. The lowest BCUT2D eigenvalue weighted by Gasteiger charge is -2.09. The average molecular weight is 386 g/mol. The summed E-state index contributed by atoms with van der Waals surface area (Å²) in [6, 6.07) is 22.9. The number of rotatable bonds is 8. The van der Waals surface area contributed by atoms with Gasteiger partial charge in [0.2, 0.25) is 0 Å². The predicted octanol–water partition coefficient (Wildman–Crippen LogP) is 7.02. The quantitative estimate of drug-likeness (QED) is 0.305. The van der Waals surface area contributed by atoms with E-state index in [2.05, 4.69) is 55.5 Å². The van der Waals surface area contributed by atoms with E-state index in [9.17, 15) is 0 Å². The molecule has 0 bridgehead atoms. The molecule has 1 heterocycles. The summed E-state index contributed by atoms with van der Waals surface area (Å²) < 4.78 is 11.2. The first-order valence-electron chi connectivity index (χ1n) is 10.4. The van der Waals surface area contributed by atoms with Crippen molar-refractivity contribution >= 4 is 21.7 Å². The lowest BCUT2D eigenvalue weighted by atomic mass is 10.0. The van der Waals surface area contributed by atoms with E-state index in [1.165, 1.54) is 30.0 Å². The highest BCUT2D eigenvalue weighted by Gasteiger charge is 2.05. The number of unbranched alkanes of at least 4 members (excludes halogenated alkanes) is 3. The molecule has 29 heavy (non-hydrogen) atoms. The van der Waals surface area contributed by atoms with E-state index in [0.717, 1.165) is 46.7 Å². The Hall–Kier alpha value is -3.07. The number of hydrogen-bond acceptors (Lipinski definition) is 3. The minimum atomic E-state index is 0.787. The van der Waals surface area contributed by atoms with Crippen LogP contribution in [0.3, 0.4) is 0 Å². The first-order chi connectivity index (χ1) is 14.3. The first-order valence-corrected chi connectivity index (χ1v) is 10.4. The molecule has 0 fully saturated rings. The van der Waals surface area contributed by atoms with Crippen molar-refractivity contribution < 1.29 is 9.47 Å². The smallest absolute Gasteiger partial charge is 0.119 e. The van der Waals surface area contributed by atoms with Gasteiger partial charge >= 0.3 is 0 Å². The standard InChI is InChI=1S/C26H27NO2/c1-3-4-5-6-15-29-24-11-9-19-16-21(8-7-20(19)17-24)25-13-10-22-18-23(28-2)12-14-26(22)27-25/h7-14,16-18H,3-6,15H2,1-2H3. The number of pyridine rings is 1. The monoisotopic (exact) mass is 385 g/mol. The van der Waals surface area contributed by atoms with Crippen LogP contribution in [-0.2, 0) is 0 Å². The van der Waals surface area contributed by atoms with E-state index in [1.807, 2.05) is 18.2 Å². The van der Waals surface area contributed by atoms with Crippen LogP contribution in [0.4, 0.5) is 0 Å². The van der Waals surface area contributed by atoms with E-state index in [1.54, 1.807) is 7.11 Å². The molecule has 0 saturated carbocycles. The largest absolute Gasteiger partial charge is 0.497 e. The molecule has 1 aromatic heterocycles. The summed E-state index contributed by atoms with van der Waals surface area (Å²) in [6.45, 7) is 3.01. The minimum Gasteiger partial charge on any atom is -0.497 e. The average Bonchev–Trinajstić information content (AvgIpc) is 2.77. The number of ether oxygens (including phenoxy) is 2. The Bertz CT molecular complexity index is 1120. The van der Waals surface area contributed by atoms with Gasteiger partial charge < -0.3 is 9.47 Å². The summed E-state index contributed by atoms with van der Waals surface area (Å²) >= 11 is 0. The highest BCUT2D eigenvalue weighted by Crippen LogP contribution is 2.28. The van der Waals surface area contributed by atoms with Crippen LogP contribution >= 0.6 is 0 Å². The molecule has 4 aromatic rings. The third-order valence-corrected chi connectivity index (χ3v) is 5.27. The number of nitrogens with zero attached hydrogens (tertiary/aromatic N) is 1. The third kappa shape index (κ3) is 4.51. The van der Waals surface area contributed by atoms with Gasteiger partial charge in [-0.3, -0.25) is 0 Å². The number of hydrogen-bond donors (Lipinski definition) is 0. The Morgan fingerprint density at radius 3 is 2.34 bits per heavy atom. The number of aromatic nitrogens is 1. The SMILES string of the molecule is CCCCCCOc1ccc2cc(-c3ccc4cc(OC)ccc4n3)ccc2c1. The zero-order valence-corrected chi connectivity index (χ0v) is 17.2. The summed E-state index contributed by atoms with van der Waals surface area (Å²) in [5, 5.41) is 3.46. The van der Waals surface area contributed by atoms with E-state index >= 15 is 0 Å². The molecular weight excluding hydrogens is 358 g/mol. The van der Waals surface area contributed by atoms with E-state index in [4.69, 9.17) is 14.5 Å². The molecule has 0 amide bonds. The van der Waals surface area contributed by atoms with Gasteiger partial charge in [0.25, 0.3) is 0 Å². The molecule has 0 aliphatic rings. The number of methoxy groups -OCH3 is 1. The summed E-state index contributed by atoms with van der Waals surface area (Å²) in [7, 11) is 1.68. The molecule has 0 radical (unpaired) electrons. The molecule has 0 aliphatic carbocycles. The van der Waals surface area contributed by atoms with Crippen molar-refractivity contribution in [3.05, 3.63) is 66.7 Å². The Labute approximate surface area is 172 Å². The second-order valence-electron chi connectivity index (χ2n) is 7.39. The molecule has 3 nitrogen and oxygen atoms in total. The maximum Gasteiger partial charge on any atom is 0.119 e. The second kappa shape index (κ2) is 8.95. The molecular formula is C26H27NO2. The Balaban J connectivity index is 1.54. The lowest BCUT2D eigenvalue weighted by molar-refractivity contribution is 0.305. The van der Waals surface area contributed by atoms with Gasteiger partial charge in [0.15, 0.2) is 0 Å². The topological polar surface area (TPSA) is 31.4 Å². The van der Waals surface area contributed by atoms with Crippen molar-refractivity contribution in [2.75, 3.05) is 13.7 Å².